The van der Waals surface area contributed by atoms with E-state index < -0.39 is 5.60 Å². The number of hydrogen-bond acceptors (Lipinski definition) is 3. The number of carbonyl (C=O) groups excluding carboxylic acids is 2. The molecule has 0 aromatic carbocycles. The Hall–Kier alpha value is -0.970. The van der Waals surface area contributed by atoms with Crippen LogP contribution in [0.25, 0.3) is 0 Å². The van der Waals surface area contributed by atoms with Crippen molar-refractivity contribution in [1.29, 1.82) is 0 Å². The second-order valence-electron chi connectivity index (χ2n) is 6.79. The second kappa shape index (κ2) is 6.20. The van der Waals surface area contributed by atoms with E-state index in [1.54, 1.807) is 4.90 Å². The molecule has 0 bridgehead atoms. The molecule has 1 N–H and O–H groups in total. The summed E-state index contributed by atoms with van der Waals surface area (Å²) in [6.45, 7) is 9.98. The van der Waals surface area contributed by atoms with Gasteiger partial charge in [0, 0.05) is 12.1 Å². The highest BCUT2D eigenvalue weighted by molar-refractivity contribution is 6.27. The number of nitrogens with one attached hydrogen (secondary N) is 1. The Balaban J connectivity index is 2.75. The van der Waals surface area contributed by atoms with Gasteiger partial charge in [-0.1, -0.05) is 0 Å². The van der Waals surface area contributed by atoms with Crippen LogP contribution in [-0.2, 0) is 9.53 Å². The van der Waals surface area contributed by atoms with E-state index in [0.29, 0.717) is 6.54 Å². The highest BCUT2D eigenvalue weighted by Gasteiger charge is 2.44. The summed E-state index contributed by atoms with van der Waals surface area (Å²) in [5, 5.41) is 2.74. The molecule has 0 aliphatic carbocycles. The van der Waals surface area contributed by atoms with Crippen molar-refractivity contribution in [2.75, 3.05) is 12.4 Å². The van der Waals surface area contributed by atoms with Gasteiger partial charge in [-0.15, -0.1) is 11.6 Å². The zero-order valence-electron chi connectivity index (χ0n) is 13.0. The zero-order valence-corrected chi connectivity index (χ0v) is 13.7. The standard InChI is InChI=1S/C14H25ClN2O3/c1-13(2,3)20-12(19)17-10(6-7-14(17,4)5)9-16-11(18)8-15/h10H,6-9H2,1-5H3,(H,16,18). The number of alkyl halides is 1. The van der Waals surface area contributed by atoms with Crippen molar-refractivity contribution in [1.82, 2.24) is 10.2 Å². The number of hydrogen-bond donors (Lipinski definition) is 1. The van der Waals surface area contributed by atoms with Crippen LogP contribution in [0.4, 0.5) is 4.79 Å². The Morgan fingerprint density at radius 2 is 2.00 bits per heavy atom. The van der Waals surface area contributed by atoms with Crippen LogP contribution in [-0.4, -0.2) is 46.5 Å². The average molecular weight is 305 g/mol. The quantitative estimate of drug-likeness (QED) is 0.815. The lowest BCUT2D eigenvalue weighted by molar-refractivity contribution is -0.119. The van der Waals surface area contributed by atoms with Crippen molar-refractivity contribution in [2.24, 2.45) is 0 Å². The van der Waals surface area contributed by atoms with Crippen molar-refractivity contribution in [3.05, 3.63) is 0 Å². The van der Waals surface area contributed by atoms with Crippen LogP contribution in [0.1, 0.15) is 47.5 Å². The molecule has 0 aromatic rings. The van der Waals surface area contributed by atoms with Gasteiger partial charge in [0.15, 0.2) is 0 Å². The van der Waals surface area contributed by atoms with Crippen molar-refractivity contribution in [3.8, 4) is 0 Å². The third kappa shape index (κ3) is 4.54. The number of halogens is 1. The van der Waals surface area contributed by atoms with Crippen molar-refractivity contribution < 1.29 is 14.3 Å². The minimum Gasteiger partial charge on any atom is -0.444 e. The number of nitrogens with zero attached hydrogens (tertiary/aromatic N) is 1. The second-order valence-corrected chi connectivity index (χ2v) is 7.06. The average Bonchev–Trinajstić information content (AvgIpc) is 2.59. The molecule has 1 saturated heterocycles. The Morgan fingerprint density at radius 3 is 2.50 bits per heavy atom. The molecule has 1 unspecified atom stereocenters. The van der Waals surface area contributed by atoms with Gasteiger partial charge in [-0.3, -0.25) is 9.69 Å². The number of amides is 2. The highest BCUT2D eigenvalue weighted by Crippen LogP contribution is 2.34. The van der Waals surface area contributed by atoms with Crippen LogP contribution < -0.4 is 5.32 Å². The highest BCUT2D eigenvalue weighted by atomic mass is 35.5. The molecule has 0 saturated carbocycles. The molecule has 0 spiro atoms. The van der Waals surface area contributed by atoms with Gasteiger partial charge in [0.2, 0.25) is 5.91 Å². The van der Waals surface area contributed by atoms with Crippen molar-refractivity contribution in [3.63, 3.8) is 0 Å². The lowest BCUT2D eigenvalue weighted by Crippen LogP contribution is -2.52. The Bertz CT molecular complexity index is 377. The van der Waals surface area contributed by atoms with E-state index in [4.69, 9.17) is 16.3 Å². The monoisotopic (exact) mass is 304 g/mol. The van der Waals surface area contributed by atoms with Crippen LogP contribution in [0, 0.1) is 0 Å². The van der Waals surface area contributed by atoms with E-state index >= 15 is 0 Å². The number of rotatable bonds is 3. The third-order valence-corrected chi connectivity index (χ3v) is 3.60. The van der Waals surface area contributed by atoms with Crippen LogP contribution >= 0.6 is 11.6 Å². The molecule has 1 aliphatic rings. The Kier molecular flexibility index (Phi) is 5.30. The van der Waals surface area contributed by atoms with Crippen LogP contribution in [0.3, 0.4) is 0 Å². The molecule has 1 aliphatic heterocycles. The molecule has 0 radical (unpaired) electrons. The molecular formula is C14H25ClN2O3. The predicted molar refractivity (Wildman–Crippen MR) is 78.9 cm³/mol. The molecule has 1 rings (SSSR count). The number of ether oxygens (including phenoxy) is 1. The van der Waals surface area contributed by atoms with E-state index in [1.165, 1.54) is 0 Å². The SMILES string of the molecule is CC(C)(C)OC(=O)N1C(CNC(=O)CCl)CCC1(C)C. The first kappa shape index (κ1) is 17.1. The molecule has 20 heavy (non-hydrogen) atoms. The van der Waals surface area contributed by atoms with E-state index in [2.05, 4.69) is 5.32 Å². The summed E-state index contributed by atoms with van der Waals surface area (Å²) in [5.74, 6) is -0.289. The van der Waals surface area contributed by atoms with Gasteiger partial charge in [0.25, 0.3) is 0 Å². The summed E-state index contributed by atoms with van der Waals surface area (Å²) >= 11 is 5.46. The fourth-order valence-electron chi connectivity index (χ4n) is 2.44. The molecule has 0 aromatic heterocycles. The molecule has 116 valence electrons. The molecule has 1 heterocycles. The topological polar surface area (TPSA) is 58.6 Å². The summed E-state index contributed by atoms with van der Waals surface area (Å²) in [7, 11) is 0. The van der Waals surface area contributed by atoms with Crippen molar-refractivity contribution in [2.45, 2.75) is 64.6 Å². The molecule has 1 fully saturated rings. The lowest BCUT2D eigenvalue weighted by atomic mass is 10.0. The van der Waals surface area contributed by atoms with E-state index in [-0.39, 0.29) is 29.5 Å². The zero-order chi connectivity index (χ0) is 15.6. The summed E-state index contributed by atoms with van der Waals surface area (Å²) in [4.78, 5) is 25.4. The maximum Gasteiger partial charge on any atom is 0.411 e. The van der Waals surface area contributed by atoms with Gasteiger partial charge in [0.05, 0.1) is 6.04 Å². The van der Waals surface area contributed by atoms with Gasteiger partial charge in [-0.05, 0) is 47.5 Å². The van der Waals surface area contributed by atoms with Gasteiger partial charge in [-0.2, -0.15) is 0 Å². The summed E-state index contributed by atoms with van der Waals surface area (Å²) < 4.78 is 5.47. The predicted octanol–water partition coefficient (Wildman–Crippen LogP) is 2.52. The molecule has 1 atom stereocenters. The van der Waals surface area contributed by atoms with Crippen molar-refractivity contribution >= 4 is 23.6 Å². The first-order valence-corrected chi connectivity index (χ1v) is 7.45. The first-order valence-electron chi connectivity index (χ1n) is 6.92. The minimum atomic E-state index is -0.528. The van der Waals surface area contributed by atoms with Crippen LogP contribution in [0.2, 0.25) is 0 Å². The largest absolute Gasteiger partial charge is 0.444 e. The minimum absolute atomic E-state index is 0.0491. The molecule has 5 nitrogen and oxygen atoms in total. The maximum absolute atomic E-state index is 12.4. The fraction of sp³-hybridized carbons (Fsp3) is 0.857. The summed E-state index contributed by atoms with van der Waals surface area (Å²) in [5.41, 5.74) is -0.793. The first-order chi connectivity index (χ1) is 9.07. The van der Waals surface area contributed by atoms with Gasteiger partial charge in [-0.25, -0.2) is 4.79 Å². The lowest BCUT2D eigenvalue weighted by Gasteiger charge is -2.37. The smallest absolute Gasteiger partial charge is 0.411 e. The van der Waals surface area contributed by atoms with Gasteiger partial charge in [0.1, 0.15) is 11.5 Å². The van der Waals surface area contributed by atoms with Gasteiger partial charge >= 0.3 is 6.09 Å². The molecule has 6 heteroatoms. The van der Waals surface area contributed by atoms with E-state index in [1.807, 2.05) is 34.6 Å². The number of carbonyl (C=O) groups is 2. The summed E-state index contributed by atoms with van der Waals surface area (Å²) in [6.07, 6.45) is 1.40. The Labute approximate surface area is 126 Å². The summed E-state index contributed by atoms with van der Waals surface area (Å²) in [6, 6.07) is -0.0491. The van der Waals surface area contributed by atoms with E-state index in [9.17, 15) is 9.59 Å². The molecule has 2 amide bonds. The Morgan fingerprint density at radius 1 is 1.40 bits per heavy atom. The third-order valence-electron chi connectivity index (χ3n) is 3.35. The van der Waals surface area contributed by atoms with Crippen LogP contribution in [0.5, 0.6) is 0 Å². The normalized spacial score (nSPS) is 21.7. The van der Waals surface area contributed by atoms with Crippen LogP contribution in [0.15, 0.2) is 0 Å². The maximum atomic E-state index is 12.4. The van der Waals surface area contributed by atoms with Gasteiger partial charge < -0.3 is 10.1 Å². The fourth-order valence-corrected chi connectivity index (χ4v) is 2.54. The van der Waals surface area contributed by atoms with E-state index in [0.717, 1.165) is 12.8 Å². The number of likely N-dealkylation sites (tertiary alicyclic amines) is 1. The molecular weight excluding hydrogens is 280 g/mol.